The second-order valence-electron chi connectivity index (χ2n) is 7.06. The van der Waals surface area contributed by atoms with Crippen molar-refractivity contribution in [3.63, 3.8) is 0 Å². The van der Waals surface area contributed by atoms with E-state index < -0.39 is 10.0 Å². The molecular formula is C18H28N2O4S. The Morgan fingerprint density at radius 1 is 1.16 bits per heavy atom. The summed E-state index contributed by atoms with van der Waals surface area (Å²) in [6.07, 6.45) is 2.14. The van der Waals surface area contributed by atoms with Crippen LogP contribution in [0.4, 0.5) is 0 Å². The van der Waals surface area contributed by atoms with Gasteiger partial charge in [-0.3, -0.25) is 4.90 Å². The molecular weight excluding hydrogens is 340 g/mol. The zero-order valence-corrected chi connectivity index (χ0v) is 16.1. The lowest BCUT2D eigenvalue weighted by atomic mass is 9.95. The van der Waals surface area contributed by atoms with Gasteiger partial charge < -0.3 is 9.47 Å². The van der Waals surface area contributed by atoms with Crippen molar-refractivity contribution in [3.8, 4) is 5.75 Å². The van der Waals surface area contributed by atoms with Crippen LogP contribution in [0.3, 0.4) is 0 Å². The first kappa shape index (κ1) is 18.6. The molecule has 0 saturated carbocycles. The van der Waals surface area contributed by atoms with Crippen LogP contribution in [0, 0.1) is 12.8 Å². The first-order chi connectivity index (χ1) is 12.0. The number of aryl methyl sites for hydroxylation is 1. The molecule has 0 amide bonds. The van der Waals surface area contributed by atoms with Crippen LogP contribution < -0.4 is 4.74 Å². The lowest BCUT2D eigenvalue weighted by Crippen LogP contribution is -2.45. The SMILES string of the molecule is COCCN1C[C@H]2CC[C@@H]1CN(S(=O)(=O)c1ccc(C)cc1OC)C2. The first-order valence-electron chi connectivity index (χ1n) is 8.83. The van der Waals surface area contributed by atoms with Gasteiger partial charge in [0.05, 0.1) is 13.7 Å². The Balaban J connectivity index is 1.86. The van der Waals surface area contributed by atoms with E-state index in [2.05, 4.69) is 4.90 Å². The number of piperidine rings is 1. The van der Waals surface area contributed by atoms with Crippen LogP contribution in [0.15, 0.2) is 23.1 Å². The molecule has 6 nitrogen and oxygen atoms in total. The largest absolute Gasteiger partial charge is 0.495 e. The number of ether oxygens (including phenoxy) is 2. The smallest absolute Gasteiger partial charge is 0.246 e. The maximum Gasteiger partial charge on any atom is 0.246 e. The quantitative estimate of drug-likeness (QED) is 0.765. The van der Waals surface area contributed by atoms with Crippen molar-refractivity contribution in [2.24, 2.45) is 5.92 Å². The van der Waals surface area contributed by atoms with Crippen molar-refractivity contribution in [1.82, 2.24) is 9.21 Å². The topological polar surface area (TPSA) is 59.1 Å². The molecule has 0 N–H and O–H groups in total. The minimum Gasteiger partial charge on any atom is -0.495 e. The third-order valence-corrected chi connectivity index (χ3v) is 7.18. The van der Waals surface area contributed by atoms with Gasteiger partial charge in [-0.15, -0.1) is 0 Å². The molecule has 7 heteroatoms. The molecule has 3 fully saturated rings. The number of nitrogens with zero attached hydrogens (tertiary/aromatic N) is 2. The molecule has 1 aromatic carbocycles. The van der Waals surface area contributed by atoms with Gasteiger partial charge in [0.2, 0.25) is 10.0 Å². The van der Waals surface area contributed by atoms with Crippen molar-refractivity contribution in [2.45, 2.75) is 30.7 Å². The van der Waals surface area contributed by atoms with Gasteiger partial charge in [0.1, 0.15) is 10.6 Å². The van der Waals surface area contributed by atoms with Gasteiger partial charge >= 0.3 is 0 Å². The number of sulfonamides is 1. The molecule has 0 unspecified atom stereocenters. The highest BCUT2D eigenvalue weighted by Gasteiger charge is 2.40. The molecule has 0 spiro atoms. The Hall–Kier alpha value is -1.15. The third kappa shape index (κ3) is 3.84. The van der Waals surface area contributed by atoms with Gasteiger partial charge in [0.25, 0.3) is 0 Å². The predicted molar refractivity (Wildman–Crippen MR) is 96.5 cm³/mol. The minimum atomic E-state index is -3.56. The van der Waals surface area contributed by atoms with Crippen LogP contribution >= 0.6 is 0 Å². The molecule has 2 atom stereocenters. The maximum atomic E-state index is 13.3. The summed E-state index contributed by atoms with van der Waals surface area (Å²) >= 11 is 0. The van der Waals surface area contributed by atoms with Crippen molar-refractivity contribution in [1.29, 1.82) is 0 Å². The van der Waals surface area contributed by atoms with E-state index in [1.54, 1.807) is 23.5 Å². The number of rotatable bonds is 6. The van der Waals surface area contributed by atoms with E-state index in [4.69, 9.17) is 9.47 Å². The van der Waals surface area contributed by atoms with E-state index in [1.807, 2.05) is 13.0 Å². The molecule has 0 radical (unpaired) electrons. The zero-order valence-electron chi connectivity index (χ0n) is 15.3. The Morgan fingerprint density at radius 2 is 1.96 bits per heavy atom. The summed E-state index contributed by atoms with van der Waals surface area (Å²) in [6.45, 7) is 5.55. The highest BCUT2D eigenvalue weighted by molar-refractivity contribution is 7.89. The lowest BCUT2D eigenvalue weighted by Gasteiger charge is -2.35. The molecule has 2 bridgehead atoms. The Labute approximate surface area is 150 Å². The molecule has 1 aromatic rings. The second-order valence-corrected chi connectivity index (χ2v) is 8.97. The van der Waals surface area contributed by atoms with Crippen LogP contribution in [0.1, 0.15) is 18.4 Å². The van der Waals surface area contributed by atoms with Crippen molar-refractivity contribution >= 4 is 10.0 Å². The molecule has 3 heterocycles. The van der Waals surface area contributed by atoms with Gasteiger partial charge in [0.15, 0.2) is 0 Å². The number of hydrogen-bond donors (Lipinski definition) is 0. The van der Waals surface area contributed by atoms with E-state index in [0.717, 1.165) is 31.5 Å². The maximum absolute atomic E-state index is 13.3. The Bertz CT molecular complexity index is 707. The van der Waals surface area contributed by atoms with Crippen molar-refractivity contribution in [3.05, 3.63) is 23.8 Å². The fraction of sp³-hybridized carbons (Fsp3) is 0.667. The van der Waals surface area contributed by atoms with Crippen LogP contribution in [0.25, 0.3) is 0 Å². The lowest BCUT2D eigenvalue weighted by molar-refractivity contribution is 0.0881. The summed E-state index contributed by atoms with van der Waals surface area (Å²) in [5, 5.41) is 0. The van der Waals surface area contributed by atoms with Gasteiger partial charge in [-0.05, 0) is 43.4 Å². The molecule has 25 heavy (non-hydrogen) atoms. The van der Waals surface area contributed by atoms with Crippen LogP contribution in [-0.2, 0) is 14.8 Å². The van der Waals surface area contributed by atoms with Gasteiger partial charge in [-0.25, -0.2) is 8.42 Å². The molecule has 140 valence electrons. The summed E-state index contributed by atoms with van der Waals surface area (Å²) in [7, 11) is -0.339. The summed E-state index contributed by atoms with van der Waals surface area (Å²) in [5.41, 5.74) is 0.984. The standard InChI is InChI=1S/C18H28N2O4S/c1-14-4-7-18(17(10-14)24-3)25(21,22)20-12-15-5-6-16(13-20)19(11-15)8-9-23-2/h4,7,10,15-16H,5-6,8-9,11-13H2,1-3H3/t15-,16-/m1/s1. The molecule has 3 aliphatic heterocycles. The fourth-order valence-electron chi connectivity index (χ4n) is 3.94. The van der Waals surface area contributed by atoms with Crippen molar-refractivity contribution < 1.29 is 17.9 Å². The van der Waals surface area contributed by atoms with Crippen LogP contribution in [0.2, 0.25) is 0 Å². The van der Waals surface area contributed by atoms with E-state index in [-0.39, 0.29) is 10.9 Å². The number of fused-ring (bicyclic) bond motifs is 4. The summed E-state index contributed by atoms with van der Waals surface area (Å²) in [5.74, 6) is 0.801. The van der Waals surface area contributed by atoms with Crippen molar-refractivity contribution in [2.75, 3.05) is 47.0 Å². The molecule has 0 aliphatic carbocycles. The average Bonchev–Trinajstić information content (AvgIpc) is 2.92. The molecule has 3 saturated heterocycles. The normalized spacial score (nSPS) is 25.1. The molecule has 0 aromatic heterocycles. The summed E-state index contributed by atoms with van der Waals surface area (Å²) in [4.78, 5) is 2.66. The van der Waals surface area contributed by atoms with Gasteiger partial charge in [-0.2, -0.15) is 4.31 Å². The minimum absolute atomic E-state index is 0.264. The Kier molecular flexibility index (Phi) is 5.68. The number of methoxy groups -OCH3 is 2. The fourth-order valence-corrected chi connectivity index (χ4v) is 5.63. The van der Waals surface area contributed by atoms with E-state index in [0.29, 0.717) is 31.4 Å². The number of hydrogen-bond acceptors (Lipinski definition) is 5. The van der Waals surface area contributed by atoms with Gasteiger partial charge in [0, 0.05) is 39.3 Å². The number of benzene rings is 1. The highest BCUT2D eigenvalue weighted by Crippen LogP contribution is 2.33. The summed E-state index contributed by atoms with van der Waals surface area (Å²) < 4.78 is 38.8. The zero-order chi connectivity index (χ0) is 18.0. The first-order valence-corrected chi connectivity index (χ1v) is 10.3. The molecule has 3 aliphatic rings. The van der Waals surface area contributed by atoms with Crippen LogP contribution in [-0.4, -0.2) is 70.7 Å². The Morgan fingerprint density at radius 3 is 2.68 bits per heavy atom. The van der Waals surface area contributed by atoms with E-state index in [9.17, 15) is 8.42 Å². The monoisotopic (exact) mass is 368 g/mol. The van der Waals surface area contributed by atoms with Gasteiger partial charge in [-0.1, -0.05) is 6.07 Å². The van der Waals surface area contributed by atoms with Crippen LogP contribution in [0.5, 0.6) is 5.75 Å². The van der Waals surface area contributed by atoms with E-state index >= 15 is 0 Å². The predicted octanol–water partition coefficient (Wildman–Crippen LogP) is 1.73. The highest BCUT2D eigenvalue weighted by atomic mass is 32.2. The second kappa shape index (κ2) is 7.61. The third-order valence-electron chi connectivity index (χ3n) is 5.31. The molecule has 4 rings (SSSR count). The average molecular weight is 368 g/mol. The van der Waals surface area contributed by atoms with E-state index in [1.165, 1.54) is 7.11 Å². The summed E-state index contributed by atoms with van der Waals surface area (Å²) in [6, 6.07) is 5.54.